The van der Waals surface area contributed by atoms with Crippen LogP contribution in [0.2, 0.25) is 0 Å². The first kappa shape index (κ1) is 16.5. The molecule has 1 aromatic heterocycles. The van der Waals surface area contributed by atoms with E-state index in [4.69, 9.17) is 11.0 Å². The van der Waals surface area contributed by atoms with Gasteiger partial charge in [0.1, 0.15) is 29.3 Å². The summed E-state index contributed by atoms with van der Waals surface area (Å²) in [5.74, 6) is 0.195. The molecule has 0 aliphatic carbocycles. The van der Waals surface area contributed by atoms with Crippen molar-refractivity contribution in [2.24, 2.45) is 0 Å². The maximum Gasteiger partial charge on any atom is 0.152 e. The molecule has 0 spiro atoms. The lowest BCUT2D eigenvalue weighted by Gasteiger charge is -2.26. The second-order valence-electron chi connectivity index (χ2n) is 5.28. The van der Waals surface area contributed by atoms with E-state index >= 15 is 0 Å². The Labute approximate surface area is 134 Å². The third-order valence-corrected chi connectivity index (χ3v) is 5.63. The van der Waals surface area contributed by atoms with E-state index < -0.39 is 9.84 Å². The van der Waals surface area contributed by atoms with Gasteiger partial charge in [-0.2, -0.15) is 15.8 Å². The number of sulfone groups is 1. The lowest BCUT2D eigenvalue weighted by molar-refractivity contribution is 0.600. The molecule has 2 heterocycles. The number of pyridine rings is 1. The molecule has 2 N–H and O–H groups in total. The van der Waals surface area contributed by atoms with Gasteiger partial charge in [0.25, 0.3) is 0 Å². The van der Waals surface area contributed by atoms with Gasteiger partial charge >= 0.3 is 0 Å². The minimum absolute atomic E-state index is 0.0132. The fourth-order valence-corrected chi connectivity index (χ4v) is 4.42. The Balaban J connectivity index is 2.58. The van der Waals surface area contributed by atoms with Crippen molar-refractivity contribution in [1.29, 1.82) is 15.8 Å². The van der Waals surface area contributed by atoms with Crippen LogP contribution in [0.1, 0.15) is 23.1 Å². The normalized spacial score (nSPS) is 18.6. The van der Waals surface area contributed by atoms with Crippen molar-refractivity contribution in [3.05, 3.63) is 16.7 Å². The number of nitrogen functional groups attached to an aromatic ring is 1. The van der Waals surface area contributed by atoms with Gasteiger partial charge in [-0.05, 0) is 6.42 Å². The molecule has 0 bridgehead atoms. The molecule has 118 valence electrons. The maximum absolute atomic E-state index is 11.6. The molecule has 1 atom stereocenters. The van der Waals surface area contributed by atoms with Crippen molar-refractivity contribution in [2.75, 3.05) is 29.2 Å². The zero-order valence-corrected chi connectivity index (χ0v) is 13.3. The first-order valence-electron chi connectivity index (χ1n) is 6.77. The maximum atomic E-state index is 11.6. The smallest absolute Gasteiger partial charge is 0.152 e. The molecule has 2 rings (SSSR count). The first-order valence-corrected chi connectivity index (χ1v) is 8.59. The molecule has 1 saturated heterocycles. The number of nitrogens with two attached hydrogens (primary N) is 1. The molecule has 0 amide bonds. The quantitative estimate of drug-likeness (QED) is 0.820. The Morgan fingerprint density at radius 3 is 2.43 bits per heavy atom. The Morgan fingerprint density at radius 1 is 1.30 bits per heavy atom. The Bertz CT molecular complexity index is 872. The highest BCUT2D eigenvalue weighted by atomic mass is 32.2. The van der Waals surface area contributed by atoms with Gasteiger partial charge < -0.3 is 10.6 Å². The van der Waals surface area contributed by atoms with Crippen LogP contribution >= 0.6 is 0 Å². The second-order valence-corrected chi connectivity index (χ2v) is 7.50. The highest BCUT2D eigenvalue weighted by Gasteiger charge is 2.33. The van der Waals surface area contributed by atoms with Crippen LogP contribution in [0.25, 0.3) is 0 Å². The second kappa shape index (κ2) is 6.12. The molecule has 0 aromatic carbocycles. The Kier molecular flexibility index (Phi) is 4.40. The lowest BCUT2D eigenvalue weighted by Crippen LogP contribution is -2.34. The highest BCUT2D eigenvalue weighted by molar-refractivity contribution is 7.91. The fourth-order valence-electron chi connectivity index (χ4n) is 2.65. The van der Waals surface area contributed by atoms with Crippen LogP contribution in [0, 0.1) is 34.0 Å². The van der Waals surface area contributed by atoms with E-state index in [2.05, 4.69) is 4.98 Å². The molecule has 23 heavy (non-hydrogen) atoms. The first-order chi connectivity index (χ1) is 10.8. The van der Waals surface area contributed by atoms with Crippen LogP contribution in [-0.2, 0) is 16.3 Å². The van der Waals surface area contributed by atoms with Gasteiger partial charge in [-0.3, -0.25) is 0 Å². The average molecular weight is 330 g/mol. The van der Waals surface area contributed by atoms with Crippen molar-refractivity contribution in [1.82, 2.24) is 4.98 Å². The van der Waals surface area contributed by atoms with E-state index in [0.717, 1.165) is 0 Å². The minimum Gasteiger partial charge on any atom is -0.383 e. The van der Waals surface area contributed by atoms with Gasteiger partial charge in [0.15, 0.2) is 9.84 Å². The molecule has 0 unspecified atom stereocenters. The average Bonchev–Trinajstić information content (AvgIpc) is 2.86. The highest BCUT2D eigenvalue weighted by Crippen LogP contribution is 2.30. The predicted octanol–water partition coefficient (Wildman–Crippen LogP) is 0.0965. The van der Waals surface area contributed by atoms with Crippen LogP contribution in [0.3, 0.4) is 0 Å². The van der Waals surface area contributed by atoms with E-state index in [-0.39, 0.29) is 52.3 Å². The van der Waals surface area contributed by atoms with Crippen molar-refractivity contribution in [2.45, 2.75) is 18.9 Å². The summed E-state index contributed by atoms with van der Waals surface area (Å²) in [4.78, 5) is 5.70. The predicted molar refractivity (Wildman–Crippen MR) is 82.9 cm³/mol. The van der Waals surface area contributed by atoms with E-state index in [9.17, 15) is 18.9 Å². The van der Waals surface area contributed by atoms with Gasteiger partial charge in [-0.15, -0.1) is 0 Å². The minimum atomic E-state index is -3.10. The largest absolute Gasteiger partial charge is 0.383 e. The summed E-state index contributed by atoms with van der Waals surface area (Å²) in [7, 11) is -1.46. The van der Waals surface area contributed by atoms with Crippen molar-refractivity contribution in [3.63, 3.8) is 0 Å². The molecule has 9 heteroatoms. The number of nitrogens with zero attached hydrogens (tertiary/aromatic N) is 5. The van der Waals surface area contributed by atoms with Crippen LogP contribution in [-0.4, -0.2) is 38.0 Å². The Hall–Kier alpha value is -2.83. The molecule has 1 fully saturated rings. The summed E-state index contributed by atoms with van der Waals surface area (Å²) in [5.41, 5.74) is 6.11. The third-order valence-electron chi connectivity index (χ3n) is 3.88. The molecule has 1 aliphatic heterocycles. The number of anilines is 2. The number of hydrogen-bond donors (Lipinski definition) is 1. The van der Waals surface area contributed by atoms with Crippen LogP contribution in [0.4, 0.5) is 11.6 Å². The number of nitriles is 3. The SMILES string of the molecule is CN(c1nc(N)c(C#N)c(CC#N)c1C#N)[C@H]1CCS(=O)(=O)C1. The molecule has 8 nitrogen and oxygen atoms in total. The Morgan fingerprint density at radius 2 is 1.96 bits per heavy atom. The summed E-state index contributed by atoms with van der Waals surface area (Å²) in [5, 5.41) is 27.5. The topological polar surface area (TPSA) is 148 Å². The van der Waals surface area contributed by atoms with E-state index in [1.807, 2.05) is 18.2 Å². The van der Waals surface area contributed by atoms with E-state index in [1.54, 1.807) is 11.9 Å². The summed E-state index contributed by atoms with van der Waals surface area (Å²) in [6.45, 7) is 0. The van der Waals surface area contributed by atoms with Crippen molar-refractivity contribution >= 4 is 21.5 Å². The molecule has 0 radical (unpaired) electrons. The summed E-state index contributed by atoms with van der Waals surface area (Å²) in [6.07, 6.45) is 0.279. The van der Waals surface area contributed by atoms with Crippen LogP contribution in [0.15, 0.2) is 0 Å². The van der Waals surface area contributed by atoms with Crippen LogP contribution in [0.5, 0.6) is 0 Å². The zero-order chi connectivity index (χ0) is 17.2. The molecule has 1 aliphatic rings. The number of hydrogen-bond acceptors (Lipinski definition) is 8. The van der Waals surface area contributed by atoms with Gasteiger partial charge in [0.05, 0.1) is 29.6 Å². The molecular weight excluding hydrogens is 316 g/mol. The standard InChI is InChI=1S/C14H14N6O2S/c1-20(9-3-5-23(21,22)8-9)14-12(7-17)10(2-4-15)11(6-16)13(18)19-14/h9H,2-3,5,8H2,1H3,(H2,18,19)/t9-/m0/s1. The van der Waals surface area contributed by atoms with Crippen molar-refractivity contribution in [3.8, 4) is 18.2 Å². The summed E-state index contributed by atoms with van der Waals surface area (Å²) >= 11 is 0. The summed E-state index contributed by atoms with van der Waals surface area (Å²) < 4.78 is 23.3. The third kappa shape index (κ3) is 3.03. The monoisotopic (exact) mass is 330 g/mol. The van der Waals surface area contributed by atoms with Gasteiger partial charge in [-0.25, -0.2) is 13.4 Å². The zero-order valence-electron chi connectivity index (χ0n) is 12.4. The summed E-state index contributed by atoms with van der Waals surface area (Å²) in [6, 6.07) is 5.42. The fraction of sp³-hybridized carbons (Fsp3) is 0.429. The lowest BCUT2D eigenvalue weighted by atomic mass is 10.0. The molecular formula is C14H14N6O2S. The van der Waals surface area contributed by atoms with Gasteiger partial charge in [-0.1, -0.05) is 0 Å². The van der Waals surface area contributed by atoms with Crippen molar-refractivity contribution < 1.29 is 8.42 Å². The van der Waals surface area contributed by atoms with E-state index in [0.29, 0.717) is 6.42 Å². The van der Waals surface area contributed by atoms with Gasteiger partial charge in [0.2, 0.25) is 0 Å². The number of aromatic nitrogens is 1. The van der Waals surface area contributed by atoms with Crippen LogP contribution < -0.4 is 10.6 Å². The molecule has 0 saturated carbocycles. The number of rotatable bonds is 3. The molecule has 1 aromatic rings. The van der Waals surface area contributed by atoms with Gasteiger partial charge in [0, 0.05) is 18.7 Å². The van der Waals surface area contributed by atoms with E-state index in [1.165, 1.54) is 0 Å².